The van der Waals surface area contributed by atoms with Crippen molar-refractivity contribution >= 4 is 15.9 Å². The molecule has 0 spiro atoms. The van der Waals surface area contributed by atoms with Crippen LogP contribution in [0.1, 0.15) is 43.7 Å². The topological polar surface area (TPSA) is 29.3 Å². The Hall–Kier alpha value is -0.380. The van der Waals surface area contributed by atoms with Crippen molar-refractivity contribution < 1.29 is 0 Å². The van der Waals surface area contributed by atoms with Gasteiger partial charge in [-0.15, -0.1) is 0 Å². The highest BCUT2D eigenvalue weighted by atomic mass is 79.9. The molecule has 19 heavy (non-hydrogen) atoms. The number of halogens is 1. The molecule has 2 aliphatic rings. The van der Waals surface area contributed by atoms with Crippen LogP contribution in [0.2, 0.25) is 0 Å². The lowest BCUT2D eigenvalue weighted by Crippen LogP contribution is -2.46. The maximum Gasteiger partial charge on any atom is 0.0484 e. The van der Waals surface area contributed by atoms with E-state index in [1.165, 1.54) is 48.7 Å². The maximum atomic E-state index is 6.12. The van der Waals surface area contributed by atoms with Gasteiger partial charge in [0.1, 0.15) is 0 Å². The van der Waals surface area contributed by atoms with E-state index in [1.807, 2.05) is 0 Å². The maximum absolute atomic E-state index is 6.12. The summed E-state index contributed by atoms with van der Waals surface area (Å²) in [6.07, 6.45) is 6.95. The van der Waals surface area contributed by atoms with Gasteiger partial charge >= 0.3 is 0 Å². The average molecular weight is 323 g/mol. The van der Waals surface area contributed by atoms with Gasteiger partial charge in [0.25, 0.3) is 0 Å². The van der Waals surface area contributed by atoms with Crippen molar-refractivity contribution in [1.29, 1.82) is 0 Å². The Kier molecular flexibility index (Phi) is 4.25. The molecular formula is C16H23BrN2. The van der Waals surface area contributed by atoms with Gasteiger partial charge in [-0.25, -0.2) is 0 Å². The summed E-state index contributed by atoms with van der Waals surface area (Å²) >= 11 is 3.69. The largest absolute Gasteiger partial charge is 0.329 e. The molecule has 2 fully saturated rings. The van der Waals surface area contributed by atoms with E-state index in [-0.39, 0.29) is 0 Å². The first-order chi connectivity index (χ1) is 9.31. The summed E-state index contributed by atoms with van der Waals surface area (Å²) in [5.41, 5.74) is 7.48. The Morgan fingerprint density at radius 2 is 2.00 bits per heavy atom. The van der Waals surface area contributed by atoms with Crippen LogP contribution in [0.4, 0.5) is 0 Å². The van der Waals surface area contributed by atoms with Crippen molar-refractivity contribution in [2.45, 2.75) is 44.2 Å². The minimum Gasteiger partial charge on any atom is -0.329 e. The molecule has 1 saturated heterocycles. The van der Waals surface area contributed by atoms with Crippen molar-refractivity contribution in [3.05, 3.63) is 34.3 Å². The van der Waals surface area contributed by atoms with Crippen LogP contribution in [0.3, 0.4) is 0 Å². The van der Waals surface area contributed by atoms with Gasteiger partial charge in [0.15, 0.2) is 0 Å². The molecule has 2 N–H and O–H groups in total. The SMILES string of the molecule is NCC(c1ccccc1Br)N1CCCC2CCCC21. The second-order valence-electron chi connectivity index (χ2n) is 5.91. The van der Waals surface area contributed by atoms with Gasteiger partial charge in [-0.3, -0.25) is 4.90 Å². The monoisotopic (exact) mass is 322 g/mol. The van der Waals surface area contributed by atoms with Gasteiger partial charge in [-0.05, 0) is 49.8 Å². The Bertz CT molecular complexity index is 435. The van der Waals surface area contributed by atoms with Gasteiger partial charge in [0.05, 0.1) is 0 Å². The summed E-state index contributed by atoms with van der Waals surface area (Å²) in [5, 5.41) is 0. The summed E-state index contributed by atoms with van der Waals surface area (Å²) in [7, 11) is 0. The molecule has 104 valence electrons. The van der Waals surface area contributed by atoms with Gasteiger partial charge in [-0.1, -0.05) is 40.5 Å². The first-order valence-electron chi connectivity index (χ1n) is 7.51. The van der Waals surface area contributed by atoms with Gasteiger partial charge in [0.2, 0.25) is 0 Å². The highest BCUT2D eigenvalue weighted by molar-refractivity contribution is 9.10. The van der Waals surface area contributed by atoms with E-state index in [4.69, 9.17) is 5.73 Å². The first-order valence-corrected chi connectivity index (χ1v) is 8.31. The molecule has 0 aromatic heterocycles. The second kappa shape index (κ2) is 5.94. The van der Waals surface area contributed by atoms with Crippen LogP contribution in [-0.2, 0) is 0 Å². The third-order valence-electron chi connectivity index (χ3n) is 4.92. The fourth-order valence-corrected chi connectivity index (χ4v) is 4.61. The van der Waals surface area contributed by atoms with E-state index in [9.17, 15) is 0 Å². The zero-order valence-corrected chi connectivity index (χ0v) is 13.0. The number of piperidine rings is 1. The van der Waals surface area contributed by atoms with Crippen molar-refractivity contribution in [2.75, 3.05) is 13.1 Å². The summed E-state index contributed by atoms with van der Waals surface area (Å²) in [5.74, 6) is 0.922. The highest BCUT2D eigenvalue weighted by Gasteiger charge is 2.38. The van der Waals surface area contributed by atoms with Crippen molar-refractivity contribution in [1.82, 2.24) is 4.90 Å². The molecule has 3 heteroatoms. The number of nitrogens with zero attached hydrogens (tertiary/aromatic N) is 1. The second-order valence-corrected chi connectivity index (χ2v) is 6.77. The molecule has 0 amide bonds. The van der Waals surface area contributed by atoms with Crippen LogP contribution >= 0.6 is 15.9 Å². The van der Waals surface area contributed by atoms with Crippen LogP contribution in [0.25, 0.3) is 0 Å². The van der Waals surface area contributed by atoms with Crippen LogP contribution in [0.15, 0.2) is 28.7 Å². The molecule has 1 aliphatic carbocycles. The van der Waals surface area contributed by atoms with Crippen LogP contribution in [0.5, 0.6) is 0 Å². The van der Waals surface area contributed by atoms with Crippen LogP contribution in [-0.4, -0.2) is 24.0 Å². The van der Waals surface area contributed by atoms with E-state index in [0.29, 0.717) is 12.6 Å². The lowest BCUT2D eigenvalue weighted by Gasteiger charge is -2.43. The fraction of sp³-hybridized carbons (Fsp3) is 0.625. The van der Waals surface area contributed by atoms with E-state index in [2.05, 4.69) is 45.1 Å². The van der Waals surface area contributed by atoms with Crippen molar-refractivity contribution in [2.24, 2.45) is 11.7 Å². The Morgan fingerprint density at radius 3 is 2.79 bits per heavy atom. The molecule has 1 aromatic carbocycles. The summed E-state index contributed by atoms with van der Waals surface area (Å²) in [4.78, 5) is 2.70. The minimum atomic E-state index is 0.376. The van der Waals surface area contributed by atoms with Crippen LogP contribution < -0.4 is 5.73 Å². The molecule has 0 radical (unpaired) electrons. The smallest absolute Gasteiger partial charge is 0.0484 e. The molecular weight excluding hydrogens is 300 g/mol. The Labute approximate surface area is 124 Å². The third kappa shape index (κ3) is 2.61. The van der Waals surface area contributed by atoms with Gasteiger partial charge in [-0.2, -0.15) is 0 Å². The minimum absolute atomic E-state index is 0.376. The molecule has 3 unspecified atom stereocenters. The average Bonchev–Trinajstić information content (AvgIpc) is 2.91. The first kappa shape index (κ1) is 13.6. The molecule has 1 aliphatic heterocycles. The van der Waals surface area contributed by atoms with E-state index in [0.717, 1.165) is 12.0 Å². The summed E-state index contributed by atoms with van der Waals surface area (Å²) in [6, 6.07) is 9.71. The van der Waals surface area contributed by atoms with Crippen LogP contribution in [0, 0.1) is 5.92 Å². The number of likely N-dealkylation sites (tertiary alicyclic amines) is 1. The lowest BCUT2D eigenvalue weighted by atomic mass is 9.89. The molecule has 2 nitrogen and oxygen atoms in total. The molecule has 1 heterocycles. The Morgan fingerprint density at radius 1 is 1.21 bits per heavy atom. The number of nitrogens with two attached hydrogens (primary N) is 1. The molecule has 1 saturated carbocycles. The van der Waals surface area contributed by atoms with Crippen molar-refractivity contribution in [3.63, 3.8) is 0 Å². The summed E-state index contributed by atoms with van der Waals surface area (Å²) < 4.78 is 1.20. The number of rotatable bonds is 3. The zero-order chi connectivity index (χ0) is 13.2. The van der Waals surface area contributed by atoms with Crippen molar-refractivity contribution in [3.8, 4) is 0 Å². The number of benzene rings is 1. The quantitative estimate of drug-likeness (QED) is 0.919. The number of hydrogen-bond acceptors (Lipinski definition) is 2. The normalized spacial score (nSPS) is 29.2. The molecule has 0 bridgehead atoms. The number of fused-ring (bicyclic) bond motifs is 1. The Balaban J connectivity index is 1.87. The highest BCUT2D eigenvalue weighted by Crippen LogP contribution is 2.41. The fourth-order valence-electron chi connectivity index (χ4n) is 4.07. The van der Waals surface area contributed by atoms with E-state index in [1.54, 1.807) is 0 Å². The third-order valence-corrected chi connectivity index (χ3v) is 5.65. The van der Waals surface area contributed by atoms with Gasteiger partial charge < -0.3 is 5.73 Å². The van der Waals surface area contributed by atoms with E-state index < -0.39 is 0 Å². The zero-order valence-electron chi connectivity index (χ0n) is 11.4. The summed E-state index contributed by atoms with van der Waals surface area (Å²) in [6.45, 7) is 1.93. The lowest BCUT2D eigenvalue weighted by molar-refractivity contribution is 0.0698. The molecule has 1 aromatic rings. The molecule has 3 atom stereocenters. The van der Waals surface area contributed by atoms with E-state index >= 15 is 0 Å². The predicted octanol–water partition coefficient (Wildman–Crippen LogP) is 3.71. The van der Waals surface area contributed by atoms with Gasteiger partial charge in [0, 0.05) is 23.1 Å². The predicted molar refractivity (Wildman–Crippen MR) is 83.0 cm³/mol. The molecule has 3 rings (SSSR count). The number of hydrogen-bond donors (Lipinski definition) is 1. The standard InChI is InChI=1S/C16H23BrN2/c17-14-8-2-1-7-13(14)16(11-18)19-10-4-6-12-5-3-9-15(12)19/h1-2,7-8,12,15-16H,3-6,9-11,18H2.